The molecule has 1 atom stereocenters. The van der Waals surface area contributed by atoms with Crippen molar-refractivity contribution in [2.24, 2.45) is 5.73 Å². The fourth-order valence-electron chi connectivity index (χ4n) is 1.92. The summed E-state index contributed by atoms with van der Waals surface area (Å²) in [6.45, 7) is 2.43. The van der Waals surface area contributed by atoms with Crippen LogP contribution in [0.4, 0.5) is 8.78 Å². The lowest BCUT2D eigenvalue weighted by Crippen LogP contribution is -2.14. The van der Waals surface area contributed by atoms with Crippen LogP contribution in [-0.2, 0) is 0 Å². The number of benzene rings is 2. The third-order valence-electron chi connectivity index (χ3n) is 2.93. The SMILES string of the molecule is CCOc1ccc(C(N)c2cccc(F)c2F)cc1Br. The van der Waals surface area contributed by atoms with Gasteiger partial charge in [-0.2, -0.15) is 0 Å². The molecule has 0 aliphatic heterocycles. The summed E-state index contributed by atoms with van der Waals surface area (Å²) in [5.74, 6) is -1.13. The molecule has 0 aliphatic rings. The molecule has 0 bridgehead atoms. The van der Waals surface area contributed by atoms with Gasteiger partial charge in [-0.05, 0) is 46.6 Å². The number of rotatable bonds is 4. The van der Waals surface area contributed by atoms with Crippen molar-refractivity contribution in [3.05, 3.63) is 63.6 Å². The van der Waals surface area contributed by atoms with Gasteiger partial charge < -0.3 is 10.5 Å². The second-order valence-electron chi connectivity index (χ2n) is 4.24. The van der Waals surface area contributed by atoms with Gasteiger partial charge in [-0.1, -0.05) is 18.2 Å². The maximum atomic E-state index is 13.7. The third-order valence-corrected chi connectivity index (χ3v) is 3.55. The van der Waals surface area contributed by atoms with Crippen LogP contribution >= 0.6 is 15.9 Å². The van der Waals surface area contributed by atoms with Crippen LogP contribution in [0.5, 0.6) is 5.75 Å². The molecular formula is C15H14BrF2NO. The van der Waals surface area contributed by atoms with Crippen LogP contribution in [0.1, 0.15) is 24.1 Å². The van der Waals surface area contributed by atoms with E-state index < -0.39 is 17.7 Å². The van der Waals surface area contributed by atoms with Crippen LogP contribution in [0.3, 0.4) is 0 Å². The lowest BCUT2D eigenvalue weighted by Gasteiger charge is -2.15. The number of halogens is 3. The molecule has 20 heavy (non-hydrogen) atoms. The Morgan fingerprint density at radius 2 is 2.00 bits per heavy atom. The van der Waals surface area contributed by atoms with Gasteiger partial charge in [0, 0.05) is 5.56 Å². The van der Waals surface area contributed by atoms with Crippen molar-refractivity contribution in [3.63, 3.8) is 0 Å². The Balaban J connectivity index is 2.36. The Morgan fingerprint density at radius 3 is 2.65 bits per heavy atom. The van der Waals surface area contributed by atoms with E-state index in [0.29, 0.717) is 17.9 Å². The molecule has 0 aromatic heterocycles. The number of hydrogen-bond acceptors (Lipinski definition) is 2. The second kappa shape index (κ2) is 6.33. The zero-order valence-corrected chi connectivity index (χ0v) is 12.5. The van der Waals surface area contributed by atoms with Crippen LogP contribution in [-0.4, -0.2) is 6.61 Å². The molecule has 0 heterocycles. The largest absolute Gasteiger partial charge is 0.493 e. The minimum atomic E-state index is -0.912. The summed E-state index contributed by atoms with van der Waals surface area (Å²) in [6.07, 6.45) is 0. The molecule has 1 unspecified atom stereocenters. The predicted octanol–water partition coefficient (Wildman–Crippen LogP) is 4.17. The van der Waals surface area contributed by atoms with E-state index in [1.165, 1.54) is 12.1 Å². The minimum absolute atomic E-state index is 0.126. The molecule has 2 nitrogen and oxygen atoms in total. The van der Waals surface area contributed by atoms with E-state index in [0.717, 1.165) is 10.5 Å². The summed E-state index contributed by atoms with van der Waals surface area (Å²) in [5.41, 5.74) is 6.81. The van der Waals surface area contributed by atoms with Crippen LogP contribution in [0.2, 0.25) is 0 Å². The molecule has 0 aliphatic carbocycles. The van der Waals surface area contributed by atoms with Crippen LogP contribution < -0.4 is 10.5 Å². The van der Waals surface area contributed by atoms with Crippen molar-refractivity contribution in [1.29, 1.82) is 0 Å². The van der Waals surface area contributed by atoms with Gasteiger partial charge >= 0.3 is 0 Å². The normalized spacial score (nSPS) is 12.2. The molecular weight excluding hydrogens is 328 g/mol. The number of hydrogen-bond donors (Lipinski definition) is 1. The second-order valence-corrected chi connectivity index (χ2v) is 5.10. The average Bonchev–Trinajstić information content (AvgIpc) is 2.43. The maximum Gasteiger partial charge on any atom is 0.163 e. The molecule has 0 spiro atoms. The molecule has 2 aromatic carbocycles. The van der Waals surface area contributed by atoms with Gasteiger partial charge in [-0.15, -0.1) is 0 Å². The van der Waals surface area contributed by atoms with Crippen LogP contribution in [0.25, 0.3) is 0 Å². The Labute approximate surface area is 124 Å². The number of nitrogens with two attached hydrogens (primary N) is 1. The highest BCUT2D eigenvalue weighted by Crippen LogP contribution is 2.31. The van der Waals surface area contributed by atoms with Crippen LogP contribution in [0, 0.1) is 11.6 Å². The van der Waals surface area contributed by atoms with Gasteiger partial charge in [0.25, 0.3) is 0 Å². The predicted molar refractivity (Wildman–Crippen MR) is 77.7 cm³/mol. The van der Waals surface area contributed by atoms with E-state index in [1.807, 2.05) is 6.92 Å². The lowest BCUT2D eigenvalue weighted by molar-refractivity contribution is 0.338. The summed E-state index contributed by atoms with van der Waals surface area (Å²) >= 11 is 3.37. The molecule has 0 amide bonds. The Bertz CT molecular complexity index is 619. The first-order valence-electron chi connectivity index (χ1n) is 6.16. The van der Waals surface area contributed by atoms with Crippen molar-refractivity contribution in [3.8, 4) is 5.75 Å². The van der Waals surface area contributed by atoms with Gasteiger partial charge in [0.05, 0.1) is 17.1 Å². The Kier molecular flexibility index (Phi) is 4.73. The van der Waals surface area contributed by atoms with E-state index in [2.05, 4.69) is 15.9 Å². The molecule has 5 heteroatoms. The molecule has 0 saturated heterocycles. The third kappa shape index (κ3) is 2.99. The first-order valence-corrected chi connectivity index (χ1v) is 6.95. The van der Waals surface area contributed by atoms with E-state index in [1.54, 1.807) is 18.2 Å². The highest BCUT2D eigenvalue weighted by Gasteiger charge is 2.17. The summed E-state index contributed by atoms with van der Waals surface area (Å²) in [4.78, 5) is 0. The van der Waals surface area contributed by atoms with Crippen molar-refractivity contribution in [2.75, 3.05) is 6.61 Å². The Hall–Kier alpha value is -1.46. The van der Waals surface area contributed by atoms with Crippen molar-refractivity contribution < 1.29 is 13.5 Å². The van der Waals surface area contributed by atoms with E-state index in [4.69, 9.17) is 10.5 Å². The zero-order valence-electron chi connectivity index (χ0n) is 10.9. The molecule has 2 aromatic rings. The summed E-state index contributed by atoms with van der Waals surface area (Å²) in [5, 5.41) is 0. The van der Waals surface area contributed by atoms with Gasteiger partial charge in [-0.3, -0.25) is 0 Å². The summed E-state index contributed by atoms with van der Waals surface area (Å²) in [7, 11) is 0. The van der Waals surface area contributed by atoms with Gasteiger partial charge in [0.1, 0.15) is 5.75 Å². The van der Waals surface area contributed by atoms with Crippen molar-refractivity contribution in [1.82, 2.24) is 0 Å². The fraction of sp³-hybridized carbons (Fsp3) is 0.200. The van der Waals surface area contributed by atoms with E-state index in [9.17, 15) is 8.78 Å². The highest BCUT2D eigenvalue weighted by molar-refractivity contribution is 9.10. The highest BCUT2D eigenvalue weighted by atomic mass is 79.9. The molecule has 0 saturated carbocycles. The van der Waals surface area contributed by atoms with Crippen LogP contribution in [0.15, 0.2) is 40.9 Å². The zero-order chi connectivity index (χ0) is 14.7. The molecule has 0 radical (unpaired) electrons. The lowest BCUT2D eigenvalue weighted by atomic mass is 9.99. The van der Waals surface area contributed by atoms with E-state index in [-0.39, 0.29) is 5.56 Å². The minimum Gasteiger partial charge on any atom is -0.493 e. The first kappa shape index (κ1) is 14.9. The number of ether oxygens (including phenoxy) is 1. The van der Waals surface area contributed by atoms with Gasteiger partial charge in [-0.25, -0.2) is 8.78 Å². The monoisotopic (exact) mass is 341 g/mol. The molecule has 2 N–H and O–H groups in total. The smallest absolute Gasteiger partial charge is 0.163 e. The summed E-state index contributed by atoms with van der Waals surface area (Å²) < 4.78 is 33.1. The van der Waals surface area contributed by atoms with Crippen molar-refractivity contribution in [2.45, 2.75) is 13.0 Å². The first-order chi connectivity index (χ1) is 9.54. The van der Waals surface area contributed by atoms with Gasteiger partial charge in [0.15, 0.2) is 11.6 Å². The van der Waals surface area contributed by atoms with Crippen molar-refractivity contribution >= 4 is 15.9 Å². The molecule has 106 valence electrons. The van der Waals surface area contributed by atoms with Gasteiger partial charge in [0.2, 0.25) is 0 Å². The Morgan fingerprint density at radius 1 is 1.25 bits per heavy atom. The quantitative estimate of drug-likeness (QED) is 0.905. The topological polar surface area (TPSA) is 35.2 Å². The summed E-state index contributed by atoms with van der Waals surface area (Å²) in [6, 6.07) is 8.49. The van der Waals surface area contributed by atoms with E-state index >= 15 is 0 Å². The average molecular weight is 342 g/mol. The molecule has 2 rings (SSSR count). The maximum absolute atomic E-state index is 13.7. The standard InChI is InChI=1S/C15H14BrF2NO/c1-2-20-13-7-6-9(8-11(13)16)15(19)10-4-3-5-12(17)14(10)18/h3-8,15H,2,19H2,1H3. The fourth-order valence-corrected chi connectivity index (χ4v) is 2.43. The molecule has 0 fully saturated rings.